The predicted molar refractivity (Wildman–Crippen MR) is 86.8 cm³/mol. The van der Waals surface area contributed by atoms with Gasteiger partial charge in [0.15, 0.2) is 0 Å². The monoisotopic (exact) mass is 281 g/mol. The molecule has 110 valence electrons. The van der Waals surface area contributed by atoms with Crippen LogP contribution in [0.25, 0.3) is 0 Å². The first-order valence-electron chi connectivity index (χ1n) is 7.71. The average Bonchev–Trinajstić information content (AvgIpc) is 2.47. The summed E-state index contributed by atoms with van der Waals surface area (Å²) in [5, 5.41) is 3.33. The molecule has 0 saturated heterocycles. The van der Waals surface area contributed by atoms with Gasteiger partial charge < -0.3 is 10.1 Å². The van der Waals surface area contributed by atoms with Crippen LogP contribution in [0.3, 0.4) is 0 Å². The lowest BCUT2D eigenvalue weighted by molar-refractivity contribution is 0.301. The van der Waals surface area contributed by atoms with Crippen LogP contribution in [0.4, 0.5) is 0 Å². The molecule has 0 atom stereocenters. The molecule has 1 aliphatic carbocycles. The van der Waals surface area contributed by atoms with E-state index in [4.69, 9.17) is 4.74 Å². The van der Waals surface area contributed by atoms with Gasteiger partial charge in [0.2, 0.25) is 0 Å². The van der Waals surface area contributed by atoms with Gasteiger partial charge in [-0.3, -0.25) is 0 Å². The van der Waals surface area contributed by atoms with Crippen molar-refractivity contribution in [3.8, 4) is 5.75 Å². The Kier molecular flexibility index (Phi) is 4.26. The highest BCUT2D eigenvalue weighted by Gasteiger charge is 2.28. The summed E-state index contributed by atoms with van der Waals surface area (Å²) < 4.78 is 5.89. The maximum Gasteiger partial charge on any atom is 0.119 e. The van der Waals surface area contributed by atoms with E-state index in [9.17, 15) is 0 Å². The minimum absolute atomic E-state index is 0.636. The molecule has 0 bridgehead atoms. The summed E-state index contributed by atoms with van der Waals surface area (Å²) in [5.41, 5.74) is 3.96. The largest absolute Gasteiger partial charge is 0.489 e. The molecule has 1 aliphatic rings. The zero-order valence-electron chi connectivity index (χ0n) is 12.8. The van der Waals surface area contributed by atoms with Crippen molar-refractivity contribution in [3.63, 3.8) is 0 Å². The minimum atomic E-state index is 0.636. The van der Waals surface area contributed by atoms with Crippen LogP contribution in [0.2, 0.25) is 0 Å². The van der Waals surface area contributed by atoms with Gasteiger partial charge >= 0.3 is 0 Å². The zero-order valence-corrected chi connectivity index (χ0v) is 12.8. The van der Waals surface area contributed by atoms with Gasteiger partial charge in [0, 0.05) is 6.04 Å². The summed E-state index contributed by atoms with van der Waals surface area (Å²) in [7, 11) is 2.05. The molecule has 2 aromatic carbocycles. The van der Waals surface area contributed by atoms with Crippen LogP contribution >= 0.6 is 0 Å². The van der Waals surface area contributed by atoms with E-state index in [-0.39, 0.29) is 0 Å². The van der Waals surface area contributed by atoms with Gasteiger partial charge in [-0.2, -0.15) is 0 Å². The topological polar surface area (TPSA) is 21.3 Å². The molecule has 1 fully saturated rings. The molecule has 0 aromatic heterocycles. The summed E-state index contributed by atoms with van der Waals surface area (Å²) in [6.07, 6.45) is 2.50. The molecule has 0 unspecified atom stereocenters. The van der Waals surface area contributed by atoms with Crippen LogP contribution < -0.4 is 10.1 Å². The van der Waals surface area contributed by atoms with Crippen LogP contribution in [0.1, 0.15) is 35.4 Å². The van der Waals surface area contributed by atoms with E-state index >= 15 is 0 Å². The molecule has 1 N–H and O–H groups in total. The first-order chi connectivity index (χ1) is 10.3. The maximum absolute atomic E-state index is 5.89. The van der Waals surface area contributed by atoms with E-state index < -0.39 is 0 Å². The molecular weight excluding hydrogens is 258 g/mol. The van der Waals surface area contributed by atoms with E-state index in [2.05, 4.69) is 60.8 Å². The van der Waals surface area contributed by atoms with Crippen molar-refractivity contribution in [2.45, 2.75) is 38.3 Å². The summed E-state index contributed by atoms with van der Waals surface area (Å²) >= 11 is 0. The van der Waals surface area contributed by atoms with E-state index in [0.717, 1.165) is 5.75 Å². The van der Waals surface area contributed by atoms with Gasteiger partial charge in [0.05, 0.1) is 0 Å². The molecule has 2 aromatic rings. The summed E-state index contributed by atoms with van der Waals surface area (Å²) in [6, 6.07) is 17.7. The lowest BCUT2D eigenvalue weighted by atomic mass is 9.76. The predicted octanol–water partition coefficient (Wildman–Crippen LogP) is 4.04. The Morgan fingerprint density at radius 3 is 2.43 bits per heavy atom. The molecular formula is C19H23NO. The highest BCUT2D eigenvalue weighted by atomic mass is 16.5. The smallest absolute Gasteiger partial charge is 0.119 e. The maximum atomic E-state index is 5.89. The Labute approximate surface area is 127 Å². The minimum Gasteiger partial charge on any atom is -0.489 e. The van der Waals surface area contributed by atoms with E-state index in [1.54, 1.807) is 0 Å². The van der Waals surface area contributed by atoms with Crippen LogP contribution in [-0.4, -0.2) is 13.1 Å². The summed E-state index contributed by atoms with van der Waals surface area (Å²) in [4.78, 5) is 0. The highest BCUT2D eigenvalue weighted by Crippen LogP contribution is 2.37. The molecule has 3 rings (SSSR count). The van der Waals surface area contributed by atoms with Crippen LogP contribution in [0.5, 0.6) is 5.75 Å². The number of ether oxygens (including phenoxy) is 1. The second-order valence-electron chi connectivity index (χ2n) is 5.94. The summed E-state index contributed by atoms with van der Waals surface area (Å²) in [6.45, 7) is 2.76. The molecule has 0 aliphatic heterocycles. The number of nitrogens with one attached hydrogen (secondary N) is 1. The first kappa shape index (κ1) is 14.2. The number of rotatable bonds is 5. The summed E-state index contributed by atoms with van der Waals surface area (Å²) in [5.74, 6) is 1.67. The van der Waals surface area contributed by atoms with Gasteiger partial charge in [-0.1, -0.05) is 36.4 Å². The zero-order chi connectivity index (χ0) is 14.7. The van der Waals surface area contributed by atoms with Gasteiger partial charge in [0.25, 0.3) is 0 Å². The first-order valence-corrected chi connectivity index (χ1v) is 7.71. The molecule has 0 radical (unpaired) electrons. The van der Waals surface area contributed by atoms with Gasteiger partial charge in [-0.15, -0.1) is 0 Å². The number of benzene rings is 2. The van der Waals surface area contributed by atoms with Gasteiger partial charge in [0.1, 0.15) is 12.4 Å². The molecule has 21 heavy (non-hydrogen) atoms. The molecule has 2 heteroatoms. The number of hydrogen-bond donors (Lipinski definition) is 1. The van der Waals surface area contributed by atoms with Crippen molar-refractivity contribution < 1.29 is 4.74 Å². The molecule has 0 spiro atoms. The van der Waals surface area contributed by atoms with Gasteiger partial charge in [-0.05, 0) is 61.6 Å². The highest BCUT2D eigenvalue weighted by molar-refractivity contribution is 5.32. The normalized spacial score (nSPS) is 20.9. The third-order valence-corrected chi connectivity index (χ3v) is 4.55. The Balaban J connectivity index is 1.57. The van der Waals surface area contributed by atoms with Crippen LogP contribution in [-0.2, 0) is 6.61 Å². The second kappa shape index (κ2) is 6.31. The fraction of sp³-hybridized carbons (Fsp3) is 0.368. The Bertz CT molecular complexity index is 585. The van der Waals surface area contributed by atoms with Crippen molar-refractivity contribution in [2.24, 2.45) is 0 Å². The van der Waals surface area contributed by atoms with Crippen molar-refractivity contribution in [2.75, 3.05) is 7.05 Å². The Morgan fingerprint density at radius 1 is 1.05 bits per heavy atom. The molecule has 0 amide bonds. The third-order valence-electron chi connectivity index (χ3n) is 4.55. The average molecular weight is 281 g/mol. The van der Waals surface area contributed by atoms with Crippen molar-refractivity contribution in [1.29, 1.82) is 0 Å². The number of hydrogen-bond acceptors (Lipinski definition) is 2. The quantitative estimate of drug-likeness (QED) is 0.893. The number of aryl methyl sites for hydroxylation is 1. The fourth-order valence-corrected chi connectivity index (χ4v) is 2.90. The SMILES string of the molecule is CNC1CC(c2ccc(OCc3ccccc3C)cc2)C1. The van der Waals surface area contributed by atoms with E-state index in [1.165, 1.54) is 29.5 Å². The van der Waals surface area contributed by atoms with Gasteiger partial charge in [-0.25, -0.2) is 0 Å². The second-order valence-corrected chi connectivity index (χ2v) is 5.94. The third kappa shape index (κ3) is 3.27. The fourth-order valence-electron chi connectivity index (χ4n) is 2.90. The molecule has 1 saturated carbocycles. The van der Waals surface area contributed by atoms with Crippen molar-refractivity contribution in [3.05, 3.63) is 65.2 Å². The lowest BCUT2D eigenvalue weighted by Gasteiger charge is -2.35. The van der Waals surface area contributed by atoms with Crippen molar-refractivity contribution >= 4 is 0 Å². The standard InChI is InChI=1S/C19H23NO/c1-14-5-3-4-6-16(14)13-21-19-9-7-15(8-10-19)17-11-18(12-17)20-2/h3-10,17-18,20H,11-13H2,1-2H3. The van der Waals surface area contributed by atoms with Crippen LogP contribution in [0.15, 0.2) is 48.5 Å². The lowest BCUT2D eigenvalue weighted by Crippen LogP contribution is -2.37. The van der Waals surface area contributed by atoms with E-state index in [0.29, 0.717) is 18.6 Å². The Hall–Kier alpha value is -1.80. The molecule has 0 heterocycles. The van der Waals surface area contributed by atoms with E-state index in [1.807, 2.05) is 7.05 Å². The van der Waals surface area contributed by atoms with Crippen molar-refractivity contribution in [1.82, 2.24) is 5.32 Å². The Morgan fingerprint density at radius 2 is 1.76 bits per heavy atom. The van der Waals surface area contributed by atoms with Crippen LogP contribution in [0, 0.1) is 6.92 Å². The molecule has 2 nitrogen and oxygen atoms in total.